The molecule has 8 nitrogen and oxygen atoms in total. The zero-order valence-corrected chi connectivity index (χ0v) is 20.1. The summed E-state index contributed by atoms with van der Waals surface area (Å²) in [5.41, 5.74) is 2.25. The summed E-state index contributed by atoms with van der Waals surface area (Å²) in [6.07, 6.45) is 0. The summed E-state index contributed by atoms with van der Waals surface area (Å²) in [5.74, 6) is -1.59. The van der Waals surface area contributed by atoms with Gasteiger partial charge >= 0.3 is 5.97 Å². The molecule has 10 heteroatoms. The number of anilines is 2. The van der Waals surface area contributed by atoms with Gasteiger partial charge in [0.15, 0.2) is 0 Å². The van der Waals surface area contributed by atoms with Gasteiger partial charge in [-0.25, -0.2) is 4.79 Å². The number of likely N-dealkylation sites (N-methyl/N-ethyl adjacent to an activating group) is 1. The van der Waals surface area contributed by atoms with Crippen molar-refractivity contribution < 1.29 is 23.9 Å². The van der Waals surface area contributed by atoms with Gasteiger partial charge < -0.3 is 10.1 Å². The molecular weight excluding hydrogens is 474 g/mol. The van der Waals surface area contributed by atoms with Crippen molar-refractivity contribution >= 4 is 68.9 Å². The summed E-state index contributed by atoms with van der Waals surface area (Å²) < 4.78 is 5.36. The van der Waals surface area contributed by atoms with Crippen LogP contribution in [0.25, 0.3) is 5.57 Å². The Balaban J connectivity index is 1.55. The van der Waals surface area contributed by atoms with Crippen LogP contribution in [0, 0.1) is 0 Å². The summed E-state index contributed by atoms with van der Waals surface area (Å²) >= 11 is 6.40. The van der Waals surface area contributed by atoms with Crippen molar-refractivity contribution in [2.24, 2.45) is 0 Å². The van der Waals surface area contributed by atoms with Gasteiger partial charge in [0.1, 0.15) is 10.9 Å². The number of esters is 1. The molecule has 0 aromatic heterocycles. The van der Waals surface area contributed by atoms with E-state index in [0.29, 0.717) is 33.4 Å². The predicted octanol–water partition coefficient (Wildman–Crippen LogP) is 3.44. The van der Waals surface area contributed by atoms with E-state index in [2.05, 4.69) is 5.32 Å². The van der Waals surface area contributed by atoms with Gasteiger partial charge in [0.2, 0.25) is 5.91 Å². The third kappa shape index (κ3) is 4.34. The quantitative estimate of drug-likeness (QED) is 0.373. The topological polar surface area (TPSA) is 96.0 Å². The van der Waals surface area contributed by atoms with Crippen molar-refractivity contribution in [3.05, 3.63) is 64.6 Å². The summed E-state index contributed by atoms with van der Waals surface area (Å²) in [6, 6.07) is 13.3. The van der Waals surface area contributed by atoms with Crippen molar-refractivity contribution in [3.8, 4) is 0 Å². The Morgan fingerprint density at radius 3 is 2.35 bits per heavy atom. The van der Waals surface area contributed by atoms with Crippen LogP contribution >= 0.6 is 24.0 Å². The molecule has 1 N–H and O–H groups in total. The van der Waals surface area contributed by atoms with Crippen LogP contribution in [0.5, 0.6) is 0 Å². The highest BCUT2D eigenvalue weighted by Crippen LogP contribution is 2.44. The number of fused-ring (bicyclic) bond motifs is 1. The second-order valence-electron chi connectivity index (χ2n) is 7.38. The first kappa shape index (κ1) is 23.7. The standard InChI is InChI=1S/C24H21N3O5S2/c1-3-26-22(30)20(34-24(26)33)19-16-7-5-6-8-17(16)27(21(19)29)13-18(28)25-15-11-9-14(10-12-15)23(31)32-4-2/h5-12H,3-4,13H2,1-2H3,(H,25,28)/b20-19+. The molecule has 0 saturated carbocycles. The van der Waals surface area contributed by atoms with E-state index in [0.717, 1.165) is 11.8 Å². The number of carbonyl (C=O) groups is 4. The summed E-state index contributed by atoms with van der Waals surface area (Å²) in [7, 11) is 0. The van der Waals surface area contributed by atoms with Gasteiger partial charge in [-0.05, 0) is 44.2 Å². The molecular formula is C24H21N3O5S2. The molecule has 0 spiro atoms. The van der Waals surface area contributed by atoms with Crippen molar-refractivity contribution in [3.63, 3.8) is 0 Å². The molecule has 2 aromatic carbocycles. The number of ether oxygens (including phenoxy) is 1. The summed E-state index contributed by atoms with van der Waals surface area (Å²) in [4.78, 5) is 53.9. The lowest BCUT2D eigenvalue weighted by Crippen LogP contribution is -2.35. The minimum Gasteiger partial charge on any atom is -0.462 e. The van der Waals surface area contributed by atoms with Crippen LogP contribution in [0.3, 0.4) is 0 Å². The molecule has 2 aliphatic heterocycles. The number of amides is 3. The normalized spacial score (nSPS) is 17.3. The number of thioether (sulfide) groups is 1. The minimum atomic E-state index is -0.444. The van der Waals surface area contributed by atoms with Crippen LogP contribution < -0.4 is 10.2 Å². The predicted molar refractivity (Wildman–Crippen MR) is 134 cm³/mol. The van der Waals surface area contributed by atoms with E-state index in [1.165, 1.54) is 9.80 Å². The van der Waals surface area contributed by atoms with Gasteiger partial charge in [0, 0.05) is 17.8 Å². The second-order valence-corrected chi connectivity index (χ2v) is 9.02. The van der Waals surface area contributed by atoms with Crippen LogP contribution in [0.15, 0.2) is 53.4 Å². The molecule has 1 saturated heterocycles. The van der Waals surface area contributed by atoms with Gasteiger partial charge in [-0.2, -0.15) is 0 Å². The molecule has 174 valence electrons. The summed E-state index contributed by atoms with van der Waals surface area (Å²) in [5, 5.41) is 2.73. The number of benzene rings is 2. The molecule has 0 radical (unpaired) electrons. The van der Waals surface area contributed by atoms with Gasteiger partial charge in [0.05, 0.1) is 28.3 Å². The molecule has 3 amide bonds. The largest absolute Gasteiger partial charge is 0.462 e. The smallest absolute Gasteiger partial charge is 0.338 e. The van der Waals surface area contributed by atoms with Crippen LogP contribution in [0.1, 0.15) is 29.8 Å². The molecule has 0 aliphatic carbocycles. The maximum absolute atomic E-state index is 13.4. The Morgan fingerprint density at radius 2 is 1.71 bits per heavy atom. The third-order valence-corrected chi connectivity index (χ3v) is 6.75. The maximum Gasteiger partial charge on any atom is 0.338 e. The maximum atomic E-state index is 13.4. The lowest BCUT2D eigenvalue weighted by Gasteiger charge is -2.17. The number of rotatable bonds is 6. The lowest BCUT2D eigenvalue weighted by atomic mass is 10.1. The van der Waals surface area contributed by atoms with Gasteiger partial charge in [-0.1, -0.05) is 42.2 Å². The van der Waals surface area contributed by atoms with Crippen LogP contribution in [0.4, 0.5) is 11.4 Å². The van der Waals surface area contributed by atoms with E-state index in [1.807, 2.05) is 6.92 Å². The number of nitrogens with zero attached hydrogens (tertiary/aromatic N) is 2. The van der Waals surface area contributed by atoms with Gasteiger partial charge in [-0.3, -0.25) is 24.2 Å². The number of hydrogen-bond acceptors (Lipinski definition) is 7. The van der Waals surface area contributed by atoms with Crippen LogP contribution in [-0.2, 0) is 19.1 Å². The third-order valence-electron chi connectivity index (χ3n) is 5.30. The van der Waals surface area contributed by atoms with E-state index < -0.39 is 17.8 Å². The number of nitrogens with one attached hydrogen (secondary N) is 1. The first-order chi connectivity index (χ1) is 16.3. The zero-order valence-electron chi connectivity index (χ0n) is 18.5. The van der Waals surface area contributed by atoms with Gasteiger partial charge in [-0.15, -0.1) is 0 Å². The van der Waals surface area contributed by atoms with E-state index in [1.54, 1.807) is 55.5 Å². The first-order valence-corrected chi connectivity index (χ1v) is 11.8. The highest BCUT2D eigenvalue weighted by atomic mass is 32.2. The van der Waals surface area contributed by atoms with E-state index in [-0.39, 0.29) is 29.5 Å². The van der Waals surface area contributed by atoms with E-state index in [4.69, 9.17) is 17.0 Å². The molecule has 1 fully saturated rings. The fourth-order valence-corrected chi connectivity index (χ4v) is 5.18. The molecule has 0 unspecified atom stereocenters. The molecule has 0 bridgehead atoms. The summed E-state index contributed by atoms with van der Waals surface area (Å²) in [6.45, 7) is 3.98. The lowest BCUT2D eigenvalue weighted by molar-refractivity contribution is -0.122. The fraction of sp³-hybridized carbons (Fsp3) is 0.208. The Bertz CT molecular complexity index is 1240. The van der Waals surface area contributed by atoms with Crippen molar-refractivity contribution in [1.82, 2.24) is 4.90 Å². The van der Waals surface area contributed by atoms with Crippen molar-refractivity contribution in [2.75, 3.05) is 29.9 Å². The van der Waals surface area contributed by atoms with Gasteiger partial charge in [0.25, 0.3) is 11.8 Å². The SMILES string of the molecule is CCOC(=O)c1ccc(NC(=O)CN2C(=O)/C(=C3/SC(=S)N(CC)C3=O)c3ccccc32)cc1. The molecule has 2 aliphatic rings. The second kappa shape index (κ2) is 9.78. The zero-order chi connectivity index (χ0) is 24.4. The number of para-hydroxylation sites is 1. The number of carbonyl (C=O) groups excluding carboxylic acids is 4. The van der Waals surface area contributed by atoms with E-state index in [9.17, 15) is 19.2 Å². The Labute approximate surface area is 205 Å². The average molecular weight is 496 g/mol. The Kier molecular flexibility index (Phi) is 6.80. The van der Waals surface area contributed by atoms with Crippen LogP contribution in [0.2, 0.25) is 0 Å². The monoisotopic (exact) mass is 495 g/mol. The molecule has 34 heavy (non-hydrogen) atoms. The number of thiocarbonyl (C=S) groups is 1. The van der Waals surface area contributed by atoms with Crippen molar-refractivity contribution in [2.45, 2.75) is 13.8 Å². The highest BCUT2D eigenvalue weighted by molar-refractivity contribution is 8.26. The average Bonchev–Trinajstić information content (AvgIpc) is 3.26. The molecule has 2 heterocycles. The van der Waals surface area contributed by atoms with Crippen molar-refractivity contribution in [1.29, 1.82) is 0 Å². The van der Waals surface area contributed by atoms with Crippen LogP contribution in [-0.4, -0.2) is 52.6 Å². The van der Waals surface area contributed by atoms with E-state index >= 15 is 0 Å². The fourth-order valence-electron chi connectivity index (χ4n) is 3.73. The molecule has 0 atom stereocenters. The Hall–Kier alpha value is -3.50. The first-order valence-electron chi connectivity index (χ1n) is 10.6. The minimum absolute atomic E-state index is 0.243. The molecule has 4 rings (SSSR count). The number of hydrogen-bond donors (Lipinski definition) is 1. The molecule has 2 aromatic rings. The highest BCUT2D eigenvalue weighted by Gasteiger charge is 2.41. The Morgan fingerprint density at radius 1 is 1.00 bits per heavy atom.